The van der Waals surface area contributed by atoms with Gasteiger partial charge in [-0.1, -0.05) is 37.6 Å². The Kier molecular flexibility index (Phi) is 16.3. The van der Waals surface area contributed by atoms with E-state index in [-0.39, 0.29) is 42.0 Å². The number of aliphatic imine (C=N–C) groups is 1. The molecule has 0 radical (unpaired) electrons. The minimum Gasteiger partial charge on any atom is -0.862 e. The minimum absolute atomic E-state index is 0. The van der Waals surface area contributed by atoms with Gasteiger partial charge in [0.1, 0.15) is 0 Å². The van der Waals surface area contributed by atoms with Crippen LogP contribution in [0.5, 0.6) is 0 Å². The Morgan fingerprint density at radius 2 is 1.81 bits per heavy atom. The summed E-state index contributed by atoms with van der Waals surface area (Å²) in [6.45, 7) is 1.97. The average Bonchev–Trinajstić information content (AvgIpc) is 2.35. The van der Waals surface area contributed by atoms with E-state index in [0.29, 0.717) is 12.8 Å². The van der Waals surface area contributed by atoms with Gasteiger partial charge < -0.3 is 10.1 Å². The third-order valence-corrected chi connectivity index (χ3v) is 3.16. The van der Waals surface area contributed by atoms with Crippen LogP contribution >= 0.6 is 0 Å². The van der Waals surface area contributed by atoms with Gasteiger partial charge in [-0.05, 0) is 38.0 Å². The van der Waals surface area contributed by atoms with Gasteiger partial charge in [0.05, 0.1) is 12.3 Å². The van der Waals surface area contributed by atoms with Crippen LogP contribution in [0.1, 0.15) is 45.4 Å². The fraction of sp³-hybridized carbons (Fsp3) is 0.643. The average molecular weight is 325 g/mol. The molecule has 0 rings (SSSR count). The molecule has 0 aliphatic rings. The van der Waals surface area contributed by atoms with Crippen LogP contribution in [0.4, 0.5) is 0 Å². The molecule has 0 aromatic heterocycles. The van der Waals surface area contributed by atoms with E-state index in [1.165, 1.54) is 0 Å². The predicted octanol–water partition coefficient (Wildman–Crippen LogP) is -0.890. The van der Waals surface area contributed by atoms with Crippen molar-refractivity contribution in [3.05, 3.63) is 24.3 Å². The van der Waals surface area contributed by atoms with E-state index in [1.807, 2.05) is 6.08 Å². The first-order valence-electron chi connectivity index (χ1n) is 6.91. The molecule has 0 aliphatic heterocycles. The van der Waals surface area contributed by atoms with Gasteiger partial charge in [0.25, 0.3) is 10.1 Å². The Hall–Kier alpha value is -0.140. The molecule has 0 aromatic carbocycles. The van der Waals surface area contributed by atoms with E-state index in [0.717, 1.165) is 25.7 Å². The molecule has 7 heteroatoms. The van der Waals surface area contributed by atoms with Gasteiger partial charge in [0.2, 0.25) is 0 Å². The number of hydrogen-bond donors (Lipinski definition) is 1. The van der Waals surface area contributed by atoms with Gasteiger partial charge in [-0.2, -0.15) is 8.42 Å². The topological polar surface area (TPSA) is 89.8 Å². The molecular formula is C14H24NNaO4S. The summed E-state index contributed by atoms with van der Waals surface area (Å²) in [5, 5.41) is 11.3. The largest absolute Gasteiger partial charge is 1.00 e. The third kappa shape index (κ3) is 19.9. The second-order valence-electron chi connectivity index (χ2n) is 4.42. The monoisotopic (exact) mass is 325 g/mol. The van der Waals surface area contributed by atoms with Crippen molar-refractivity contribution in [2.75, 3.05) is 12.3 Å². The Bertz CT molecular complexity index is 430. The zero-order chi connectivity index (χ0) is 15.3. The summed E-state index contributed by atoms with van der Waals surface area (Å²) in [5.74, 6) is -0.812. The maximum Gasteiger partial charge on any atom is 1.00 e. The molecule has 0 saturated heterocycles. The van der Waals surface area contributed by atoms with Crippen molar-refractivity contribution in [1.82, 2.24) is 0 Å². The van der Waals surface area contributed by atoms with Crippen LogP contribution in [-0.4, -0.2) is 31.2 Å². The maximum atomic E-state index is 11.3. The number of nitrogens with zero attached hydrogens (tertiary/aromatic N) is 1. The van der Waals surface area contributed by atoms with E-state index < -0.39 is 15.9 Å². The summed E-state index contributed by atoms with van der Waals surface area (Å²) in [7, 11) is -4.03. The molecule has 1 N–H and O–H groups in total. The number of rotatable bonds is 11. The van der Waals surface area contributed by atoms with Crippen LogP contribution in [-0.2, 0) is 10.1 Å². The zero-order valence-corrected chi connectivity index (χ0v) is 15.8. The summed E-state index contributed by atoms with van der Waals surface area (Å²) < 4.78 is 29.3. The Morgan fingerprint density at radius 1 is 1.19 bits per heavy atom. The van der Waals surface area contributed by atoms with Crippen LogP contribution in [0.15, 0.2) is 29.3 Å². The third-order valence-electron chi connectivity index (χ3n) is 2.46. The predicted molar refractivity (Wildman–Crippen MR) is 80.4 cm³/mol. The van der Waals surface area contributed by atoms with Crippen LogP contribution < -0.4 is 34.7 Å². The quantitative estimate of drug-likeness (QED) is 0.133. The molecule has 0 saturated carbocycles. The van der Waals surface area contributed by atoms with Crippen molar-refractivity contribution in [2.24, 2.45) is 4.99 Å². The van der Waals surface area contributed by atoms with Crippen molar-refractivity contribution in [3.8, 4) is 0 Å². The first-order valence-corrected chi connectivity index (χ1v) is 8.52. The normalized spacial score (nSPS) is 13.0. The first kappa shape index (κ1) is 23.1. The fourth-order valence-corrected chi connectivity index (χ4v) is 1.73. The maximum absolute atomic E-state index is 11.3. The Morgan fingerprint density at radius 3 is 2.38 bits per heavy atom. The second-order valence-corrected chi connectivity index (χ2v) is 5.99. The van der Waals surface area contributed by atoms with Crippen LogP contribution in [0.25, 0.3) is 0 Å². The summed E-state index contributed by atoms with van der Waals surface area (Å²) in [5.41, 5.74) is 0. The number of hydrogen-bond acceptors (Lipinski definition) is 4. The minimum atomic E-state index is -4.03. The van der Waals surface area contributed by atoms with Crippen LogP contribution in [0, 0.1) is 0 Å². The van der Waals surface area contributed by atoms with Crippen LogP contribution in [0.2, 0.25) is 0 Å². The smallest absolute Gasteiger partial charge is 0.862 e. The van der Waals surface area contributed by atoms with E-state index in [4.69, 9.17) is 4.55 Å². The SMILES string of the molecule is CCC/C=C\C/C=C\CCCC([O-])=NCCS(=O)(=O)O.[Na+]. The van der Waals surface area contributed by atoms with Crippen molar-refractivity contribution >= 4 is 16.0 Å². The van der Waals surface area contributed by atoms with Gasteiger partial charge in [-0.15, -0.1) is 0 Å². The zero-order valence-electron chi connectivity index (χ0n) is 13.0. The van der Waals surface area contributed by atoms with Gasteiger partial charge >= 0.3 is 29.6 Å². The van der Waals surface area contributed by atoms with Crippen molar-refractivity contribution < 1.29 is 47.6 Å². The molecule has 5 nitrogen and oxygen atoms in total. The number of allylic oxidation sites excluding steroid dienone is 4. The molecule has 0 atom stereocenters. The number of unbranched alkanes of at least 4 members (excludes halogenated alkanes) is 2. The summed E-state index contributed by atoms with van der Waals surface area (Å²) in [6.07, 6.45) is 13.3. The summed E-state index contributed by atoms with van der Waals surface area (Å²) >= 11 is 0. The van der Waals surface area contributed by atoms with Crippen molar-refractivity contribution in [1.29, 1.82) is 0 Å². The van der Waals surface area contributed by atoms with Gasteiger partial charge in [-0.25, -0.2) is 0 Å². The fourth-order valence-electron chi connectivity index (χ4n) is 1.41. The molecule has 0 unspecified atom stereocenters. The summed E-state index contributed by atoms with van der Waals surface area (Å²) in [4.78, 5) is 3.56. The Balaban J connectivity index is 0. The van der Waals surface area contributed by atoms with Gasteiger partial charge in [-0.3, -0.25) is 4.55 Å². The van der Waals surface area contributed by atoms with E-state index in [2.05, 4.69) is 30.1 Å². The molecule has 0 fully saturated rings. The van der Waals surface area contributed by atoms with Crippen molar-refractivity contribution in [3.63, 3.8) is 0 Å². The first-order chi connectivity index (χ1) is 9.45. The standard InChI is InChI=1S/C14H25NO4S.Na/c1-2-3-4-5-6-7-8-9-10-11-14(16)15-12-13-20(17,18)19;/h4-5,7-8H,2-3,6,9-13H2,1H3,(H,15,16)(H,17,18,19);/q;+1/p-1/b5-4-,8-7-;. The van der Waals surface area contributed by atoms with E-state index in [9.17, 15) is 13.5 Å². The van der Waals surface area contributed by atoms with Gasteiger partial charge in [0, 0.05) is 0 Å². The second kappa shape index (κ2) is 14.8. The molecule has 21 heavy (non-hydrogen) atoms. The molecule has 0 aromatic rings. The van der Waals surface area contributed by atoms with E-state index >= 15 is 0 Å². The molecular weight excluding hydrogens is 301 g/mol. The molecule has 0 amide bonds. The molecule has 0 bridgehead atoms. The Labute approximate surface area is 150 Å². The van der Waals surface area contributed by atoms with Crippen molar-refractivity contribution in [2.45, 2.75) is 45.4 Å². The summed E-state index contributed by atoms with van der Waals surface area (Å²) in [6, 6.07) is 0. The van der Waals surface area contributed by atoms with Crippen LogP contribution in [0.3, 0.4) is 0 Å². The molecule has 0 spiro atoms. The molecule has 0 heterocycles. The van der Waals surface area contributed by atoms with Gasteiger partial charge in [0.15, 0.2) is 0 Å². The van der Waals surface area contributed by atoms with E-state index in [1.54, 1.807) is 0 Å². The molecule has 0 aliphatic carbocycles. The molecule has 116 valence electrons.